The Hall–Kier alpha value is -1.26. The summed E-state index contributed by atoms with van der Waals surface area (Å²) in [7, 11) is 0. The molecule has 0 aromatic heterocycles. The van der Waals surface area contributed by atoms with Crippen LogP contribution in [0.2, 0.25) is 0 Å². The van der Waals surface area contributed by atoms with Crippen molar-refractivity contribution in [1.29, 1.82) is 0 Å². The Morgan fingerprint density at radius 3 is 1.29 bits per heavy atom. The van der Waals surface area contributed by atoms with Crippen molar-refractivity contribution in [2.75, 3.05) is 0 Å². The van der Waals surface area contributed by atoms with Gasteiger partial charge in [-0.2, -0.15) is 4.99 Å². The molecule has 176 valence electrons. The fraction of sp³-hybridized carbons (Fsp3) is 0.923. The molecule has 4 fully saturated rings. The lowest BCUT2D eigenvalue weighted by Crippen LogP contribution is -2.49. The van der Waals surface area contributed by atoms with Gasteiger partial charge in [-0.1, -0.05) is 77.0 Å². The third-order valence-electron chi connectivity index (χ3n) is 7.93. The summed E-state index contributed by atoms with van der Waals surface area (Å²) >= 11 is 0. The molecule has 0 saturated heterocycles. The molecule has 5 nitrogen and oxygen atoms in total. The number of hydrogen-bond donors (Lipinski definition) is 3. The fourth-order valence-corrected chi connectivity index (χ4v) is 6.00. The van der Waals surface area contributed by atoms with Gasteiger partial charge in [-0.25, -0.2) is 4.99 Å². The van der Waals surface area contributed by atoms with Crippen molar-refractivity contribution in [2.45, 2.75) is 153 Å². The molecule has 0 radical (unpaired) electrons. The first kappa shape index (κ1) is 22.9. The third kappa shape index (κ3) is 7.98. The molecular weight excluding hydrogens is 382 g/mol. The highest BCUT2D eigenvalue weighted by Crippen LogP contribution is 2.22. The van der Waals surface area contributed by atoms with E-state index in [0.717, 1.165) is 11.9 Å². The second-order valence-corrected chi connectivity index (χ2v) is 10.6. The maximum atomic E-state index is 5.19. The number of nitrogens with zero attached hydrogens (tertiary/aromatic N) is 2. The first-order chi connectivity index (χ1) is 15.3. The Labute approximate surface area is 190 Å². The van der Waals surface area contributed by atoms with E-state index in [0.29, 0.717) is 24.2 Å². The molecule has 0 spiro atoms. The van der Waals surface area contributed by atoms with Gasteiger partial charge < -0.3 is 16.0 Å². The second kappa shape index (κ2) is 12.7. The summed E-state index contributed by atoms with van der Waals surface area (Å²) in [5.41, 5.74) is 0. The predicted octanol–water partition coefficient (Wildman–Crippen LogP) is 5.80. The Kier molecular flexibility index (Phi) is 9.38. The van der Waals surface area contributed by atoms with Gasteiger partial charge in [0.1, 0.15) is 0 Å². The molecule has 4 saturated carbocycles. The Morgan fingerprint density at radius 1 is 0.452 bits per heavy atom. The first-order valence-corrected chi connectivity index (χ1v) is 13.8. The lowest BCUT2D eigenvalue weighted by Gasteiger charge is -2.30. The summed E-state index contributed by atoms with van der Waals surface area (Å²) in [5, 5.41) is 11.4. The maximum Gasteiger partial charge on any atom is 0.221 e. The van der Waals surface area contributed by atoms with Crippen LogP contribution in [0.5, 0.6) is 0 Å². The molecule has 3 N–H and O–H groups in total. The lowest BCUT2D eigenvalue weighted by molar-refractivity contribution is 0.389. The molecule has 4 aliphatic rings. The molecule has 4 aliphatic carbocycles. The molecule has 0 amide bonds. The molecule has 5 heteroatoms. The van der Waals surface area contributed by atoms with Crippen LogP contribution in [0.1, 0.15) is 128 Å². The fourth-order valence-electron chi connectivity index (χ4n) is 6.00. The van der Waals surface area contributed by atoms with Gasteiger partial charge in [0.05, 0.1) is 6.04 Å². The van der Waals surface area contributed by atoms with Crippen molar-refractivity contribution in [2.24, 2.45) is 9.98 Å². The van der Waals surface area contributed by atoms with Crippen molar-refractivity contribution in [3.8, 4) is 0 Å². The molecule has 4 rings (SSSR count). The predicted molar refractivity (Wildman–Crippen MR) is 132 cm³/mol. The van der Waals surface area contributed by atoms with Gasteiger partial charge in [0, 0.05) is 18.1 Å². The SMILES string of the molecule is C1CCC(/N=C(\N=C(NC2CCCCC2)NC2CCCCC2)NC2CCCCC2)CC1. The van der Waals surface area contributed by atoms with E-state index in [-0.39, 0.29) is 0 Å². The van der Waals surface area contributed by atoms with Gasteiger partial charge >= 0.3 is 0 Å². The van der Waals surface area contributed by atoms with Crippen LogP contribution in [-0.2, 0) is 0 Å². The Balaban J connectivity index is 1.50. The molecule has 31 heavy (non-hydrogen) atoms. The molecule has 0 atom stereocenters. The van der Waals surface area contributed by atoms with Crippen LogP contribution in [0.25, 0.3) is 0 Å². The van der Waals surface area contributed by atoms with Crippen molar-refractivity contribution < 1.29 is 0 Å². The number of guanidine groups is 2. The summed E-state index contributed by atoms with van der Waals surface area (Å²) in [5.74, 6) is 1.90. The summed E-state index contributed by atoms with van der Waals surface area (Å²) in [6, 6.07) is 2.13. The van der Waals surface area contributed by atoms with E-state index in [1.54, 1.807) is 0 Å². The quantitative estimate of drug-likeness (QED) is 0.391. The number of nitrogens with one attached hydrogen (secondary N) is 3. The van der Waals surface area contributed by atoms with E-state index in [1.807, 2.05) is 0 Å². The van der Waals surface area contributed by atoms with Gasteiger partial charge in [0.2, 0.25) is 5.96 Å². The average Bonchev–Trinajstić information content (AvgIpc) is 2.82. The summed E-state index contributed by atoms with van der Waals surface area (Å²) in [6.07, 6.45) is 26.3. The highest BCUT2D eigenvalue weighted by Gasteiger charge is 2.21. The largest absolute Gasteiger partial charge is 0.353 e. The van der Waals surface area contributed by atoms with E-state index >= 15 is 0 Å². The van der Waals surface area contributed by atoms with Crippen LogP contribution < -0.4 is 16.0 Å². The third-order valence-corrected chi connectivity index (χ3v) is 7.93. The lowest BCUT2D eigenvalue weighted by atomic mass is 9.95. The first-order valence-electron chi connectivity index (χ1n) is 13.8. The molecule has 0 heterocycles. The number of rotatable bonds is 4. The van der Waals surface area contributed by atoms with Crippen LogP contribution in [0.15, 0.2) is 9.98 Å². The molecule has 0 bridgehead atoms. The Morgan fingerprint density at radius 2 is 0.839 bits per heavy atom. The minimum absolute atomic E-state index is 0.453. The average molecular weight is 430 g/mol. The smallest absolute Gasteiger partial charge is 0.221 e. The standard InChI is InChI=1S/C26H47N5/c1-5-13-21(14-6-1)27-25(28-22-15-7-2-8-16-22)31-26(29-23-17-9-3-10-18-23)30-24-19-11-4-12-20-24/h21-24H,1-20H2,(H3,27,28,29,30,31). The number of hydrogen-bond acceptors (Lipinski definition) is 1. The normalized spacial score (nSPS) is 25.7. The zero-order chi connectivity index (χ0) is 21.1. The van der Waals surface area contributed by atoms with E-state index in [9.17, 15) is 0 Å². The summed E-state index contributed by atoms with van der Waals surface area (Å²) in [4.78, 5) is 10.4. The van der Waals surface area contributed by atoms with E-state index in [2.05, 4.69) is 16.0 Å². The van der Waals surface area contributed by atoms with Crippen molar-refractivity contribution >= 4 is 11.9 Å². The van der Waals surface area contributed by atoms with Crippen LogP contribution in [0.4, 0.5) is 0 Å². The minimum Gasteiger partial charge on any atom is -0.353 e. The van der Waals surface area contributed by atoms with Gasteiger partial charge in [-0.3, -0.25) is 0 Å². The van der Waals surface area contributed by atoms with Gasteiger partial charge in [-0.05, 0) is 51.4 Å². The monoisotopic (exact) mass is 429 g/mol. The molecule has 0 unspecified atom stereocenters. The van der Waals surface area contributed by atoms with Gasteiger partial charge in [0.15, 0.2) is 5.96 Å². The minimum atomic E-state index is 0.453. The highest BCUT2D eigenvalue weighted by atomic mass is 15.3. The molecule has 0 aliphatic heterocycles. The zero-order valence-corrected chi connectivity index (χ0v) is 19.8. The number of aliphatic imine (C=N–C) groups is 2. The van der Waals surface area contributed by atoms with E-state index in [1.165, 1.54) is 128 Å². The highest BCUT2D eigenvalue weighted by molar-refractivity contribution is 5.95. The molecule has 0 aromatic rings. The summed E-state index contributed by atoms with van der Waals surface area (Å²) in [6.45, 7) is 0. The molecule has 0 aromatic carbocycles. The van der Waals surface area contributed by atoms with Crippen molar-refractivity contribution in [3.05, 3.63) is 0 Å². The maximum absolute atomic E-state index is 5.19. The van der Waals surface area contributed by atoms with E-state index < -0.39 is 0 Å². The van der Waals surface area contributed by atoms with Gasteiger partial charge in [0.25, 0.3) is 0 Å². The Bertz CT molecular complexity index is 540. The van der Waals surface area contributed by atoms with Crippen LogP contribution in [0, 0.1) is 0 Å². The van der Waals surface area contributed by atoms with Crippen molar-refractivity contribution in [1.82, 2.24) is 16.0 Å². The van der Waals surface area contributed by atoms with Crippen LogP contribution in [0.3, 0.4) is 0 Å². The molecular formula is C26H47N5. The van der Waals surface area contributed by atoms with Crippen molar-refractivity contribution in [3.63, 3.8) is 0 Å². The van der Waals surface area contributed by atoms with Gasteiger partial charge in [-0.15, -0.1) is 0 Å². The summed E-state index contributed by atoms with van der Waals surface area (Å²) < 4.78 is 0. The van der Waals surface area contributed by atoms with Crippen LogP contribution >= 0.6 is 0 Å². The van der Waals surface area contributed by atoms with E-state index in [4.69, 9.17) is 9.98 Å². The zero-order valence-electron chi connectivity index (χ0n) is 19.8. The van der Waals surface area contributed by atoms with Crippen LogP contribution in [-0.4, -0.2) is 36.1 Å². The topological polar surface area (TPSA) is 60.8 Å². The second-order valence-electron chi connectivity index (χ2n) is 10.6.